The number of aliphatic hydroxyl groups is 1. The molecule has 0 saturated carbocycles. The van der Waals surface area contributed by atoms with Gasteiger partial charge < -0.3 is 20.4 Å². The van der Waals surface area contributed by atoms with E-state index in [9.17, 15) is 14.4 Å². The van der Waals surface area contributed by atoms with Gasteiger partial charge in [0, 0.05) is 18.2 Å². The van der Waals surface area contributed by atoms with E-state index in [-0.39, 0.29) is 0 Å². The van der Waals surface area contributed by atoms with Crippen LogP contribution >= 0.6 is 0 Å². The predicted molar refractivity (Wildman–Crippen MR) is 55.1 cm³/mol. The van der Waals surface area contributed by atoms with Gasteiger partial charge in [-0.1, -0.05) is 13.2 Å². The molecule has 0 aromatic heterocycles. The van der Waals surface area contributed by atoms with Gasteiger partial charge in [-0.05, 0) is 0 Å². The third-order valence-corrected chi connectivity index (χ3v) is 0.543. The summed E-state index contributed by atoms with van der Waals surface area (Å²) < 4.78 is 0. The lowest BCUT2D eigenvalue weighted by Crippen LogP contribution is -1.91. The van der Waals surface area contributed by atoms with Crippen molar-refractivity contribution in [2.75, 3.05) is 0 Å². The molecule has 90 valence electrons. The van der Waals surface area contributed by atoms with Crippen LogP contribution in [0.25, 0.3) is 0 Å². The molecule has 4 N–H and O–H groups in total. The van der Waals surface area contributed by atoms with Crippen LogP contribution in [0.15, 0.2) is 37.6 Å². The van der Waals surface area contributed by atoms with Gasteiger partial charge in [0.15, 0.2) is 0 Å². The summed E-state index contributed by atoms with van der Waals surface area (Å²) in [5.41, 5.74) is 0. The highest BCUT2D eigenvalue weighted by Gasteiger charge is 1.88. The van der Waals surface area contributed by atoms with Crippen LogP contribution < -0.4 is 0 Å². The molecule has 7 nitrogen and oxygen atoms in total. The Morgan fingerprint density at radius 3 is 1.06 bits per heavy atom. The van der Waals surface area contributed by atoms with Crippen molar-refractivity contribution in [3.8, 4) is 0 Å². The molecule has 0 heterocycles. The third kappa shape index (κ3) is 63.4. The molecule has 0 spiro atoms. The molecule has 0 aliphatic heterocycles. The summed E-state index contributed by atoms with van der Waals surface area (Å²) in [6, 6.07) is 0. The Kier molecular flexibility index (Phi) is 17.8. The van der Waals surface area contributed by atoms with Gasteiger partial charge in [-0.25, -0.2) is 14.4 Å². The fraction of sp³-hybridized carbons (Fsp3) is 0. The summed E-state index contributed by atoms with van der Waals surface area (Å²) >= 11 is 0. The Balaban J connectivity index is -0.000000181. The SMILES string of the molecule is C=CC(=O)O.C=CO.O=C(O)/C=C\C(=O)O. The van der Waals surface area contributed by atoms with Crippen LogP contribution in [0.1, 0.15) is 0 Å². The van der Waals surface area contributed by atoms with Crippen LogP contribution in [0.5, 0.6) is 0 Å². The average molecular weight is 232 g/mol. The first kappa shape index (κ1) is 19.1. The van der Waals surface area contributed by atoms with Crippen LogP contribution in [0.4, 0.5) is 0 Å². The molecular formula is C9H12O7. The number of rotatable bonds is 3. The highest BCUT2D eigenvalue weighted by atomic mass is 16.4. The van der Waals surface area contributed by atoms with Crippen LogP contribution in [-0.2, 0) is 14.4 Å². The van der Waals surface area contributed by atoms with Crippen molar-refractivity contribution < 1.29 is 34.8 Å². The second kappa shape index (κ2) is 14.9. The number of hydrogen-bond donors (Lipinski definition) is 4. The van der Waals surface area contributed by atoms with Crippen LogP contribution in [0, 0.1) is 0 Å². The molecule has 0 atom stereocenters. The fourth-order valence-corrected chi connectivity index (χ4v) is 0.143. The van der Waals surface area contributed by atoms with Crippen LogP contribution in [0.2, 0.25) is 0 Å². The second-order valence-electron chi connectivity index (χ2n) is 1.73. The molecule has 0 aromatic carbocycles. The van der Waals surface area contributed by atoms with Crippen molar-refractivity contribution in [3.05, 3.63) is 37.6 Å². The fourth-order valence-electron chi connectivity index (χ4n) is 0.143. The predicted octanol–water partition coefficient (Wildman–Crippen LogP) is 0.657. The minimum Gasteiger partial charge on any atom is -0.516 e. The van der Waals surface area contributed by atoms with E-state index in [0.29, 0.717) is 12.2 Å². The van der Waals surface area contributed by atoms with Gasteiger partial charge in [-0.3, -0.25) is 0 Å². The molecular weight excluding hydrogens is 220 g/mol. The Morgan fingerprint density at radius 1 is 0.812 bits per heavy atom. The van der Waals surface area contributed by atoms with E-state index in [1.54, 1.807) is 0 Å². The molecule has 0 saturated heterocycles. The van der Waals surface area contributed by atoms with E-state index in [4.69, 9.17) is 20.4 Å². The lowest BCUT2D eigenvalue weighted by molar-refractivity contribution is -0.134. The normalized spacial score (nSPS) is 7.50. The summed E-state index contributed by atoms with van der Waals surface area (Å²) in [6.45, 7) is 5.88. The molecule has 0 unspecified atom stereocenters. The molecule has 0 aliphatic carbocycles. The lowest BCUT2D eigenvalue weighted by atomic mass is 10.5. The molecule has 0 radical (unpaired) electrons. The summed E-state index contributed by atoms with van der Waals surface area (Å²) in [5, 5.41) is 30.6. The molecule has 7 heteroatoms. The molecule has 0 aliphatic rings. The third-order valence-electron chi connectivity index (χ3n) is 0.543. The van der Waals surface area contributed by atoms with E-state index in [1.165, 1.54) is 0 Å². The van der Waals surface area contributed by atoms with Crippen molar-refractivity contribution in [1.82, 2.24) is 0 Å². The summed E-state index contributed by atoms with van der Waals surface area (Å²) in [7, 11) is 0. The second-order valence-corrected chi connectivity index (χ2v) is 1.73. The van der Waals surface area contributed by atoms with Gasteiger partial charge in [0.25, 0.3) is 0 Å². The smallest absolute Gasteiger partial charge is 0.328 e. The standard InChI is InChI=1S/C4H4O4.C3H4O2.C2H4O/c5-3(6)1-2-4(7)8;1-2-3(4)5;1-2-3/h1-2H,(H,5,6)(H,7,8);2H,1H2,(H,4,5);2-3H,1H2/b2-1-;;. The number of carboxylic acids is 3. The monoisotopic (exact) mass is 232 g/mol. The maximum Gasteiger partial charge on any atom is 0.328 e. The Morgan fingerprint density at radius 2 is 1.00 bits per heavy atom. The first-order valence-electron chi connectivity index (χ1n) is 3.56. The topological polar surface area (TPSA) is 132 Å². The summed E-state index contributed by atoms with van der Waals surface area (Å²) in [4.78, 5) is 28.4. The molecule has 0 amide bonds. The zero-order chi connectivity index (χ0) is 13.6. The van der Waals surface area contributed by atoms with Gasteiger partial charge in [0.2, 0.25) is 0 Å². The highest BCUT2D eigenvalue weighted by Crippen LogP contribution is 1.70. The maximum absolute atomic E-state index is 9.55. The van der Waals surface area contributed by atoms with Gasteiger partial charge >= 0.3 is 17.9 Å². The average Bonchev–Trinajstić information content (AvgIpc) is 2.17. The van der Waals surface area contributed by atoms with Gasteiger partial charge in [-0.2, -0.15) is 0 Å². The number of aliphatic hydroxyl groups excluding tert-OH is 1. The largest absolute Gasteiger partial charge is 0.516 e. The Hall–Kier alpha value is -2.57. The van der Waals surface area contributed by atoms with E-state index in [2.05, 4.69) is 13.2 Å². The van der Waals surface area contributed by atoms with Crippen LogP contribution in [-0.4, -0.2) is 38.3 Å². The Labute approximate surface area is 91.3 Å². The van der Waals surface area contributed by atoms with E-state index in [1.807, 2.05) is 0 Å². The maximum atomic E-state index is 9.55. The molecule has 16 heavy (non-hydrogen) atoms. The van der Waals surface area contributed by atoms with Gasteiger partial charge in [0.1, 0.15) is 0 Å². The minimum atomic E-state index is -1.26. The number of aliphatic carboxylic acids is 3. The number of carboxylic acid groups (broad SMARTS) is 3. The summed E-state index contributed by atoms with van der Waals surface area (Å²) in [5.74, 6) is -3.50. The molecule has 0 bridgehead atoms. The number of carbonyl (C=O) groups is 3. The van der Waals surface area contributed by atoms with Gasteiger partial charge in [-0.15, -0.1) is 0 Å². The van der Waals surface area contributed by atoms with Crippen molar-refractivity contribution in [3.63, 3.8) is 0 Å². The zero-order valence-corrected chi connectivity index (χ0v) is 8.24. The molecule has 0 aromatic rings. The molecule has 0 rings (SSSR count). The van der Waals surface area contributed by atoms with Crippen molar-refractivity contribution in [2.24, 2.45) is 0 Å². The highest BCUT2D eigenvalue weighted by molar-refractivity contribution is 5.89. The Bertz CT molecular complexity index is 262. The van der Waals surface area contributed by atoms with Crippen molar-refractivity contribution in [1.29, 1.82) is 0 Å². The van der Waals surface area contributed by atoms with Crippen LogP contribution in [0.3, 0.4) is 0 Å². The van der Waals surface area contributed by atoms with E-state index < -0.39 is 17.9 Å². The van der Waals surface area contributed by atoms with Gasteiger partial charge in [0.05, 0.1) is 6.26 Å². The first-order chi connectivity index (χ1) is 7.31. The number of hydrogen-bond acceptors (Lipinski definition) is 4. The van der Waals surface area contributed by atoms with Crippen molar-refractivity contribution in [2.45, 2.75) is 0 Å². The molecule has 0 fully saturated rings. The van der Waals surface area contributed by atoms with E-state index in [0.717, 1.165) is 12.3 Å². The summed E-state index contributed by atoms with van der Waals surface area (Å²) in [6.07, 6.45) is 2.70. The minimum absolute atomic E-state index is 0.558. The zero-order valence-electron chi connectivity index (χ0n) is 8.24. The first-order valence-corrected chi connectivity index (χ1v) is 3.56. The quantitative estimate of drug-likeness (QED) is 0.415. The van der Waals surface area contributed by atoms with Crippen molar-refractivity contribution >= 4 is 17.9 Å². The van der Waals surface area contributed by atoms with E-state index >= 15 is 0 Å². The lowest BCUT2D eigenvalue weighted by Gasteiger charge is -1.74.